The zero-order chi connectivity index (χ0) is 18.8. The maximum absolute atomic E-state index is 13.2. The zero-order valence-corrected chi connectivity index (χ0v) is 14.8. The molecule has 5 nitrogen and oxygen atoms in total. The molecule has 0 spiro atoms. The van der Waals surface area contributed by atoms with Gasteiger partial charge >= 0.3 is 6.18 Å². The van der Waals surface area contributed by atoms with E-state index in [0.717, 1.165) is 0 Å². The van der Waals surface area contributed by atoms with Gasteiger partial charge in [-0.1, -0.05) is 6.07 Å². The van der Waals surface area contributed by atoms with Crippen molar-refractivity contribution in [3.8, 4) is 11.5 Å². The summed E-state index contributed by atoms with van der Waals surface area (Å²) in [6.07, 6.45) is -4.35. The second kappa shape index (κ2) is 7.51. The number of benzene rings is 1. The minimum atomic E-state index is -4.37. The molecule has 1 aromatic carbocycles. The third-order valence-corrected chi connectivity index (χ3v) is 4.60. The third-order valence-electron chi connectivity index (χ3n) is 4.60. The molecule has 2 unspecified atom stereocenters. The molecule has 1 fully saturated rings. The lowest BCUT2D eigenvalue weighted by Crippen LogP contribution is -2.62. The Morgan fingerprint density at radius 2 is 1.84 bits per heavy atom. The van der Waals surface area contributed by atoms with Crippen LogP contribution in [0.15, 0.2) is 18.2 Å². The highest BCUT2D eigenvalue weighted by atomic mass is 19.4. The largest absolute Gasteiger partial charge is 0.493 e. The zero-order valence-electron chi connectivity index (χ0n) is 14.8. The van der Waals surface area contributed by atoms with Crippen LogP contribution in [-0.2, 0) is 11.2 Å². The van der Waals surface area contributed by atoms with E-state index < -0.39 is 12.2 Å². The number of methoxy groups -OCH3 is 2. The monoisotopic (exact) mass is 360 g/mol. The highest BCUT2D eigenvalue weighted by molar-refractivity contribution is 5.79. The van der Waals surface area contributed by atoms with E-state index in [1.165, 1.54) is 31.1 Å². The fraction of sp³-hybridized carbons (Fsp3) is 0.588. The number of amides is 1. The number of hydrogen-bond acceptors (Lipinski definition) is 4. The van der Waals surface area contributed by atoms with Crippen LogP contribution in [0.25, 0.3) is 0 Å². The number of likely N-dealkylation sites (N-methyl/N-ethyl adjacent to an activating group) is 1. The van der Waals surface area contributed by atoms with Gasteiger partial charge in [0.15, 0.2) is 11.5 Å². The van der Waals surface area contributed by atoms with Crippen molar-refractivity contribution in [1.29, 1.82) is 0 Å². The van der Waals surface area contributed by atoms with Crippen molar-refractivity contribution in [3.05, 3.63) is 23.8 Å². The average molecular weight is 360 g/mol. The molecule has 1 saturated heterocycles. The SMILES string of the molecule is COc1ccc(CC(=O)N2CC(C)N(C)C(C(F)(F)F)C2)cc1OC. The Hall–Kier alpha value is -1.96. The van der Waals surface area contributed by atoms with Gasteiger partial charge in [0.2, 0.25) is 5.91 Å². The minimum Gasteiger partial charge on any atom is -0.493 e. The summed E-state index contributed by atoms with van der Waals surface area (Å²) in [6.45, 7) is 1.61. The summed E-state index contributed by atoms with van der Waals surface area (Å²) in [4.78, 5) is 15.1. The van der Waals surface area contributed by atoms with E-state index in [2.05, 4.69) is 0 Å². The van der Waals surface area contributed by atoms with E-state index in [4.69, 9.17) is 9.47 Å². The topological polar surface area (TPSA) is 42.0 Å². The number of rotatable bonds is 4. The number of piperazine rings is 1. The maximum Gasteiger partial charge on any atom is 0.405 e. The average Bonchev–Trinajstić information content (AvgIpc) is 2.55. The van der Waals surface area contributed by atoms with Crippen LogP contribution in [0.4, 0.5) is 13.2 Å². The van der Waals surface area contributed by atoms with Crippen LogP contribution in [0.2, 0.25) is 0 Å². The minimum absolute atomic E-state index is 0.0152. The van der Waals surface area contributed by atoms with Crippen molar-refractivity contribution in [2.24, 2.45) is 0 Å². The number of halogens is 3. The summed E-state index contributed by atoms with van der Waals surface area (Å²) in [5.74, 6) is 0.679. The van der Waals surface area contributed by atoms with Crippen LogP contribution in [-0.4, -0.2) is 68.3 Å². The first kappa shape index (κ1) is 19.4. The van der Waals surface area contributed by atoms with Crippen molar-refractivity contribution < 1.29 is 27.4 Å². The summed E-state index contributed by atoms with van der Waals surface area (Å²) >= 11 is 0. The fourth-order valence-electron chi connectivity index (χ4n) is 2.98. The molecular weight excluding hydrogens is 337 g/mol. The lowest BCUT2D eigenvalue weighted by molar-refractivity contribution is -0.200. The predicted octanol–water partition coefficient (Wildman–Crippen LogP) is 2.34. The Balaban J connectivity index is 2.12. The van der Waals surface area contributed by atoms with E-state index in [-0.39, 0.29) is 31.5 Å². The molecule has 1 aliphatic rings. The highest BCUT2D eigenvalue weighted by Gasteiger charge is 2.47. The van der Waals surface area contributed by atoms with Crippen LogP contribution in [0.5, 0.6) is 11.5 Å². The molecule has 140 valence electrons. The van der Waals surface area contributed by atoms with Crippen molar-refractivity contribution in [2.75, 3.05) is 34.4 Å². The van der Waals surface area contributed by atoms with Gasteiger partial charge in [0.25, 0.3) is 0 Å². The van der Waals surface area contributed by atoms with Gasteiger partial charge in [-0.15, -0.1) is 0 Å². The Bertz CT molecular complexity index is 622. The summed E-state index contributed by atoms with van der Waals surface area (Å²) in [7, 11) is 4.43. The Morgan fingerprint density at radius 1 is 1.20 bits per heavy atom. The molecule has 0 bridgehead atoms. The van der Waals surface area contributed by atoms with Crippen LogP contribution in [0, 0.1) is 0 Å². The first-order valence-corrected chi connectivity index (χ1v) is 7.94. The molecule has 2 atom stereocenters. The molecule has 0 aromatic heterocycles. The molecule has 0 radical (unpaired) electrons. The molecule has 8 heteroatoms. The molecule has 2 rings (SSSR count). The third kappa shape index (κ3) is 4.36. The summed E-state index contributed by atoms with van der Waals surface area (Å²) in [6, 6.07) is 3.03. The Kier molecular flexibility index (Phi) is 5.82. The molecule has 1 amide bonds. The molecule has 0 saturated carbocycles. The molecule has 1 aromatic rings. The quantitative estimate of drug-likeness (QED) is 0.827. The predicted molar refractivity (Wildman–Crippen MR) is 86.9 cm³/mol. The van der Waals surface area contributed by atoms with Crippen LogP contribution in [0.3, 0.4) is 0 Å². The number of hydrogen-bond donors (Lipinski definition) is 0. The Morgan fingerprint density at radius 3 is 2.40 bits per heavy atom. The number of nitrogens with zero attached hydrogens (tertiary/aromatic N) is 2. The summed E-state index contributed by atoms with van der Waals surface area (Å²) in [5, 5.41) is 0. The number of carbonyl (C=O) groups excluding carboxylic acids is 1. The van der Waals surface area contributed by atoms with Gasteiger partial charge < -0.3 is 14.4 Å². The van der Waals surface area contributed by atoms with Crippen molar-refractivity contribution in [3.63, 3.8) is 0 Å². The molecule has 1 aliphatic heterocycles. The standard InChI is InChI=1S/C17H23F3N2O3/c1-11-9-22(10-15(21(11)2)17(18,19)20)16(23)8-12-5-6-13(24-3)14(7-12)25-4/h5-7,11,15H,8-10H2,1-4H3. The van der Waals surface area contributed by atoms with Gasteiger partial charge in [-0.2, -0.15) is 13.2 Å². The van der Waals surface area contributed by atoms with E-state index >= 15 is 0 Å². The fourth-order valence-corrected chi connectivity index (χ4v) is 2.98. The van der Waals surface area contributed by atoms with E-state index in [1.807, 2.05) is 0 Å². The smallest absolute Gasteiger partial charge is 0.405 e. The highest BCUT2D eigenvalue weighted by Crippen LogP contribution is 2.30. The molecule has 1 heterocycles. The molecular formula is C17H23F3N2O3. The normalized spacial score (nSPS) is 22.0. The van der Waals surface area contributed by atoms with Crippen molar-refractivity contribution in [2.45, 2.75) is 31.6 Å². The molecule has 0 N–H and O–H groups in total. The van der Waals surface area contributed by atoms with Crippen LogP contribution >= 0.6 is 0 Å². The van der Waals surface area contributed by atoms with Crippen molar-refractivity contribution >= 4 is 5.91 Å². The molecule has 25 heavy (non-hydrogen) atoms. The van der Waals surface area contributed by atoms with Gasteiger partial charge in [-0.25, -0.2) is 0 Å². The van der Waals surface area contributed by atoms with Gasteiger partial charge in [-0.05, 0) is 31.7 Å². The van der Waals surface area contributed by atoms with Gasteiger partial charge in [0, 0.05) is 19.1 Å². The van der Waals surface area contributed by atoms with Gasteiger partial charge in [-0.3, -0.25) is 9.69 Å². The maximum atomic E-state index is 13.2. The number of alkyl halides is 3. The van der Waals surface area contributed by atoms with Crippen molar-refractivity contribution in [1.82, 2.24) is 9.80 Å². The lowest BCUT2D eigenvalue weighted by atomic mass is 10.1. The van der Waals surface area contributed by atoms with E-state index in [0.29, 0.717) is 17.1 Å². The molecule has 0 aliphatic carbocycles. The second-order valence-electron chi connectivity index (χ2n) is 6.24. The number of ether oxygens (including phenoxy) is 2. The first-order valence-electron chi connectivity index (χ1n) is 7.94. The van der Waals surface area contributed by atoms with Crippen LogP contribution < -0.4 is 9.47 Å². The van der Waals surface area contributed by atoms with Gasteiger partial charge in [0.1, 0.15) is 6.04 Å². The van der Waals surface area contributed by atoms with Gasteiger partial charge in [0.05, 0.1) is 20.6 Å². The second-order valence-corrected chi connectivity index (χ2v) is 6.24. The Labute approximate surface area is 145 Å². The van der Waals surface area contributed by atoms with E-state index in [9.17, 15) is 18.0 Å². The van der Waals surface area contributed by atoms with Crippen LogP contribution in [0.1, 0.15) is 12.5 Å². The summed E-state index contributed by atoms with van der Waals surface area (Å²) in [5.41, 5.74) is 0.665. The number of carbonyl (C=O) groups is 1. The van der Waals surface area contributed by atoms with E-state index in [1.54, 1.807) is 25.1 Å². The lowest BCUT2D eigenvalue weighted by Gasteiger charge is -2.44. The summed E-state index contributed by atoms with van der Waals surface area (Å²) < 4.78 is 49.9. The first-order chi connectivity index (χ1) is 11.7.